The van der Waals surface area contributed by atoms with Crippen molar-refractivity contribution in [3.8, 4) is 0 Å². The van der Waals surface area contributed by atoms with Gasteiger partial charge in [-0.25, -0.2) is 0 Å². The van der Waals surface area contributed by atoms with Crippen molar-refractivity contribution < 1.29 is 9.59 Å². The fraction of sp³-hybridized carbons (Fsp3) is 0.769. The van der Waals surface area contributed by atoms with Crippen molar-refractivity contribution in [2.45, 2.75) is 44.9 Å². The molecule has 0 bridgehead atoms. The lowest BCUT2D eigenvalue weighted by molar-refractivity contribution is -0.129. The molecule has 0 aromatic rings. The molecule has 2 rings (SSSR count). The molecule has 4 nitrogen and oxygen atoms in total. The topological polar surface area (TPSA) is 49.4 Å². The Morgan fingerprint density at radius 1 is 1.24 bits per heavy atom. The molecule has 2 fully saturated rings. The van der Waals surface area contributed by atoms with Gasteiger partial charge in [-0.05, 0) is 25.7 Å². The van der Waals surface area contributed by atoms with Gasteiger partial charge in [-0.15, -0.1) is 0 Å². The van der Waals surface area contributed by atoms with Crippen LogP contribution in [0.25, 0.3) is 0 Å². The molecule has 1 aliphatic heterocycles. The molecule has 0 unspecified atom stereocenters. The van der Waals surface area contributed by atoms with Crippen LogP contribution in [0.4, 0.5) is 0 Å². The summed E-state index contributed by atoms with van der Waals surface area (Å²) in [5.41, 5.74) is 0. The van der Waals surface area contributed by atoms with Crippen molar-refractivity contribution >= 4 is 11.8 Å². The van der Waals surface area contributed by atoms with Crippen LogP contribution >= 0.6 is 0 Å². The van der Waals surface area contributed by atoms with E-state index < -0.39 is 0 Å². The lowest BCUT2D eigenvalue weighted by Crippen LogP contribution is -2.34. The van der Waals surface area contributed by atoms with Crippen molar-refractivity contribution in [3.63, 3.8) is 0 Å². The maximum atomic E-state index is 11.7. The largest absolute Gasteiger partial charge is 0.355 e. The SMILES string of the molecule is O=C(NCCC(=O)N1[CH]CCC1)C1CCCC1. The number of likely N-dealkylation sites (tertiary alicyclic amines) is 1. The first-order valence-electron chi connectivity index (χ1n) is 6.68. The minimum atomic E-state index is 0.134. The van der Waals surface area contributed by atoms with Crippen molar-refractivity contribution in [2.75, 3.05) is 13.1 Å². The number of hydrogen-bond acceptors (Lipinski definition) is 2. The van der Waals surface area contributed by atoms with E-state index in [1.54, 1.807) is 4.90 Å². The Hall–Kier alpha value is -1.06. The van der Waals surface area contributed by atoms with Crippen LogP contribution in [0.15, 0.2) is 0 Å². The molecule has 2 amide bonds. The minimum Gasteiger partial charge on any atom is -0.355 e. The highest BCUT2D eigenvalue weighted by atomic mass is 16.2. The van der Waals surface area contributed by atoms with Crippen molar-refractivity contribution in [3.05, 3.63) is 6.54 Å². The van der Waals surface area contributed by atoms with E-state index >= 15 is 0 Å². The summed E-state index contributed by atoms with van der Waals surface area (Å²) in [4.78, 5) is 25.2. The van der Waals surface area contributed by atoms with E-state index in [4.69, 9.17) is 0 Å². The average Bonchev–Trinajstić information content (AvgIpc) is 3.02. The lowest BCUT2D eigenvalue weighted by Gasteiger charge is -2.15. The molecule has 0 aromatic carbocycles. The van der Waals surface area contributed by atoms with Crippen LogP contribution in [0.3, 0.4) is 0 Å². The molecule has 95 valence electrons. The Kier molecular flexibility index (Phi) is 4.40. The second-order valence-electron chi connectivity index (χ2n) is 4.93. The first-order chi connectivity index (χ1) is 8.27. The van der Waals surface area contributed by atoms with E-state index in [1.807, 2.05) is 6.54 Å². The first kappa shape index (κ1) is 12.4. The third-order valence-corrected chi connectivity index (χ3v) is 3.64. The number of amides is 2. The number of nitrogens with one attached hydrogen (secondary N) is 1. The van der Waals surface area contributed by atoms with Crippen molar-refractivity contribution in [1.82, 2.24) is 10.2 Å². The summed E-state index contributed by atoms with van der Waals surface area (Å²) in [5, 5.41) is 2.88. The Labute approximate surface area is 103 Å². The first-order valence-corrected chi connectivity index (χ1v) is 6.68. The standard InChI is InChI=1S/C13H21N2O2/c16-12(15-9-3-4-10-15)7-8-14-13(17)11-5-1-2-6-11/h9,11H,1-8,10H2,(H,14,17). The third-order valence-electron chi connectivity index (χ3n) is 3.64. The van der Waals surface area contributed by atoms with Gasteiger partial charge in [0.15, 0.2) is 0 Å². The number of nitrogens with zero attached hydrogens (tertiary/aromatic N) is 1. The fourth-order valence-corrected chi connectivity index (χ4v) is 2.60. The molecule has 0 spiro atoms. The molecule has 1 radical (unpaired) electrons. The summed E-state index contributed by atoms with van der Waals surface area (Å²) in [6.07, 6.45) is 6.86. The summed E-state index contributed by atoms with van der Waals surface area (Å²) in [6.45, 7) is 3.29. The quantitative estimate of drug-likeness (QED) is 0.805. The molecule has 1 heterocycles. The summed E-state index contributed by atoms with van der Waals surface area (Å²) in [5.74, 6) is 0.471. The lowest BCUT2D eigenvalue weighted by atomic mass is 10.1. The Bertz CT molecular complexity index is 251. The van der Waals surface area contributed by atoms with Crippen molar-refractivity contribution in [1.29, 1.82) is 0 Å². The molecule has 2 aliphatic rings. The highest BCUT2D eigenvalue weighted by Gasteiger charge is 2.23. The third kappa shape index (κ3) is 3.45. The van der Waals surface area contributed by atoms with E-state index in [9.17, 15) is 9.59 Å². The second-order valence-corrected chi connectivity index (χ2v) is 4.93. The van der Waals surface area contributed by atoms with Crippen LogP contribution in [0, 0.1) is 12.5 Å². The average molecular weight is 237 g/mol. The molecule has 1 aliphatic carbocycles. The fourth-order valence-electron chi connectivity index (χ4n) is 2.60. The van der Waals surface area contributed by atoms with Crippen LogP contribution < -0.4 is 5.32 Å². The van der Waals surface area contributed by atoms with E-state index in [1.165, 1.54) is 12.8 Å². The monoisotopic (exact) mass is 237 g/mol. The van der Waals surface area contributed by atoms with E-state index in [2.05, 4.69) is 5.32 Å². The summed E-state index contributed by atoms with van der Waals surface area (Å²) >= 11 is 0. The van der Waals surface area contributed by atoms with Crippen molar-refractivity contribution in [2.24, 2.45) is 5.92 Å². The zero-order valence-electron chi connectivity index (χ0n) is 10.3. The van der Waals surface area contributed by atoms with Gasteiger partial charge in [0.1, 0.15) is 0 Å². The van der Waals surface area contributed by atoms with Gasteiger partial charge < -0.3 is 10.2 Å². The van der Waals surface area contributed by atoms with Crippen LogP contribution in [0.5, 0.6) is 0 Å². The molecule has 0 atom stereocenters. The second kappa shape index (κ2) is 6.03. The highest BCUT2D eigenvalue weighted by Crippen LogP contribution is 2.24. The molecular weight excluding hydrogens is 216 g/mol. The van der Waals surface area contributed by atoms with Gasteiger partial charge in [-0.3, -0.25) is 9.59 Å². The van der Waals surface area contributed by atoms with Crippen LogP contribution in [-0.2, 0) is 9.59 Å². The highest BCUT2D eigenvalue weighted by molar-refractivity contribution is 5.81. The van der Waals surface area contributed by atoms with Gasteiger partial charge in [0, 0.05) is 25.4 Å². The van der Waals surface area contributed by atoms with Gasteiger partial charge >= 0.3 is 0 Å². The number of rotatable bonds is 4. The van der Waals surface area contributed by atoms with E-state index in [0.29, 0.717) is 13.0 Å². The normalized spacial score (nSPS) is 20.8. The predicted molar refractivity (Wildman–Crippen MR) is 64.8 cm³/mol. The minimum absolute atomic E-state index is 0.134. The molecule has 1 N–H and O–H groups in total. The summed E-state index contributed by atoms with van der Waals surface area (Å²) < 4.78 is 0. The summed E-state index contributed by atoms with van der Waals surface area (Å²) in [6, 6.07) is 0. The Morgan fingerprint density at radius 2 is 2.00 bits per heavy atom. The maximum absolute atomic E-state index is 11.7. The molecular formula is C13H21N2O2. The van der Waals surface area contributed by atoms with E-state index in [-0.39, 0.29) is 17.7 Å². The van der Waals surface area contributed by atoms with Crippen LogP contribution in [0.2, 0.25) is 0 Å². The smallest absolute Gasteiger partial charge is 0.224 e. The van der Waals surface area contributed by atoms with Gasteiger partial charge in [0.2, 0.25) is 11.8 Å². The van der Waals surface area contributed by atoms with Gasteiger partial charge in [-0.2, -0.15) is 0 Å². The molecule has 0 aromatic heterocycles. The Morgan fingerprint density at radius 3 is 2.65 bits per heavy atom. The molecule has 4 heteroatoms. The Balaban J connectivity index is 1.61. The molecule has 1 saturated carbocycles. The maximum Gasteiger partial charge on any atom is 0.224 e. The van der Waals surface area contributed by atoms with Crippen LogP contribution in [0.1, 0.15) is 44.9 Å². The van der Waals surface area contributed by atoms with Gasteiger partial charge in [-0.1, -0.05) is 12.8 Å². The van der Waals surface area contributed by atoms with Gasteiger partial charge in [0.25, 0.3) is 0 Å². The predicted octanol–water partition coefficient (Wildman–Crippen LogP) is 1.47. The summed E-state index contributed by atoms with van der Waals surface area (Å²) in [7, 11) is 0. The van der Waals surface area contributed by atoms with Gasteiger partial charge in [0.05, 0.1) is 6.54 Å². The number of hydrogen-bond donors (Lipinski definition) is 1. The zero-order valence-corrected chi connectivity index (χ0v) is 10.3. The molecule has 17 heavy (non-hydrogen) atoms. The zero-order chi connectivity index (χ0) is 12.1. The number of carbonyl (C=O) groups is 2. The number of carbonyl (C=O) groups excluding carboxylic acids is 2. The molecule has 1 saturated heterocycles. The van der Waals surface area contributed by atoms with Crippen LogP contribution in [-0.4, -0.2) is 29.8 Å². The van der Waals surface area contributed by atoms with E-state index in [0.717, 1.165) is 32.2 Å².